The number of nitrogens with one attached hydrogen (secondary N) is 2. The van der Waals surface area contributed by atoms with Gasteiger partial charge in [-0.1, -0.05) is 30.3 Å². The molecular weight excluding hydrogens is 840 g/mol. The molecule has 5 aliphatic rings. The van der Waals surface area contributed by atoms with Crippen molar-refractivity contribution >= 4 is 41.0 Å². The molecule has 22 nitrogen and oxygen atoms in total. The van der Waals surface area contributed by atoms with Crippen LogP contribution in [0.5, 0.6) is 5.75 Å². The minimum atomic E-state index is -2.39. The zero-order chi connectivity index (χ0) is 45.7. The van der Waals surface area contributed by atoms with Crippen molar-refractivity contribution < 1.29 is 98.4 Å². The zero-order valence-electron chi connectivity index (χ0n) is 32.9. The van der Waals surface area contributed by atoms with Gasteiger partial charge in [-0.3, -0.25) is 19.2 Å². The van der Waals surface area contributed by atoms with Gasteiger partial charge in [0.25, 0.3) is 0 Å². The Kier molecular flexibility index (Phi) is 12.3. The molecule has 2 heterocycles. The van der Waals surface area contributed by atoms with Gasteiger partial charge in [-0.2, -0.15) is 0 Å². The molecule has 2 aliphatic heterocycles. The molecule has 11 atom stereocenters. The van der Waals surface area contributed by atoms with Crippen molar-refractivity contribution in [3.05, 3.63) is 93.8 Å². The second kappa shape index (κ2) is 17.4. The van der Waals surface area contributed by atoms with Crippen LogP contribution in [0.4, 0.5) is 10.5 Å². The van der Waals surface area contributed by atoms with E-state index in [9.17, 15) is 74.7 Å². The van der Waals surface area contributed by atoms with E-state index in [0.717, 1.165) is 13.2 Å². The Balaban J connectivity index is 1.05. The SMILES string of the molecule is CC(=O)Nc1cc(COC(=O)NC2CC(OC3CC(O)(C(=O)CO)CC4=C(O)C5C(=O)c6ccccc6C(=O)C5C(O)=C43)OC=C2O)ccc1OC1OC(C(=O)O)C(O)C(O)C1O. The van der Waals surface area contributed by atoms with Gasteiger partial charge in [0.2, 0.25) is 18.5 Å². The Bertz CT molecular complexity index is 2340. The van der Waals surface area contributed by atoms with Crippen LogP contribution < -0.4 is 15.4 Å². The van der Waals surface area contributed by atoms with Crippen molar-refractivity contribution in [3.63, 3.8) is 0 Å². The number of allylic oxidation sites excluding steroid dienone is 2. The number of aliphatic carboxylic acids is 1. The summed E-state index contributed by atoms with van der Waals surface area (Å²) in [5.74, 6) is -9.85. The molecule has 1 saturated heterocycles. The van der Waals surface area contributed by atoms with Crippen LogP contribution in [0.15, 0.2) is 77.2 Å². The summed E-state index contributed by atoms with van der Waals surface area (Å²) in [6, 6.07) is 8.49. The van der Waals surface area contributed by atoms with E-state index in [0.29, 0.717) is 0 Å². The number of fused-ring (bicyclic) bond motifs is 3. The Morgan fingerprint density at radius 2 is 1.59 bits per heavy atom. The number of alkyl carbamates (subject to hydrolysis) is 1. The fourth-order valence-corrected chi connectivity index (χ4v) is 8.22. The summed E-state index contributed by atoms with van der Waals surface area (Å²) in [6.45, 7) is -0.425. The van der Waals surface area contributed by atoms with E-state index >= 15 is 0 Å². The third kappa shape index (κ3) is 8.44. The van der Waals surface area contributed by atoms with Crippen LogP contribution in [-0.2, 0) is 39.9 Å². The van der Waals surface area contributed by atoms with E-state index in [-0.39, 0.29) is 45.7 Å². The summed E-state index contributed by atoms with van der Waals surface area (Å²) in [6.07, 6.45) is -14.5. The number of carboxylic acid groups (broad SMARTS) is 1. The summed E-state index contributed by atoms with van der Waals surface area (Å²) in [7, 11) is 0. The lowest BCUT2D eigenvalue weighted by Gasteiger charge is -2.44. The van der Waals surface area contributed by atoms with Gasteiger partial charge in [0.05, 0.1) is 29.7 Å². The number of aliphatic hydroxyl groups excluding tert-OH is 7. The summed E-state index contributed by atoms with van der Waals surface area (Å²) >= 11 is 0. The quantitative estimate of drug-likeness (QED) is 0.142. The number of carbonyl (C=O) groups is 6. The number of hydrogen-bond acceptors (Lipinski definition) is 19. The molecule has 2 amide bonds. The number of rotatable bonds is 11. The highest BCUT2D eigenvalue weighted by Crippen LogP contribution is 2.51. The van der Waals surface area contributed by atoms with Gasteiger partial charge in [-0.25, -0.2) is 9.59 Å². The van der Waals surface area contributed by atoms with Crippen molar-refractivity contribution in [2.75, 3.05) is 11.9 Å². The molecule has 7 rings (SSSR count). The lowest BCUT2D eigenvalue weighted by Crippen LogP contribution is -2.61. The number of ether oxygens (including phenoxy) is 5. The number of anilines is 1. The largest absolute Gasteiger partial charge is 0.511 e. The van der Waals surface area contributed by atoms with Crippen molar-refractivity contribution in [2.45, 2.75) is 87.5 Å². The number of amides is 2. The van der Waals surface area contributed by atoms with Gasteiger partial charge in [-0.05, 0) is 17.7 Å². The lowest BCUT2D eigenvalue weighted by molar-refractivity contribution is -0.271. The molecule has 0 aromatic heterocycles. The molecule has 11 N–H and O–H groups in total. The van der Waals surface area contributed by atoms with Gasteiger partial charge >= 0.3 is 12.1 Å². The number of carboxylic acids is 1. The summed E-state index contributed by atoms with van der Waals surface area (Å²) in [5.41, 5.74) is -2.64. The number of Topliss-reactive ketones (excluding diaryl/α,β-unsaturated/α-hetero) is 3. The minimum absolute atomic E-state index is 0.00423. The van der Waals surface area contributed by atoms with E-state index in [1.165, 1.54) is 42.5 Å². The first-order chi connectivity index (χ1) is 29.8. The number of aliphatic hydroxyl groups is 8. The predicted molar refractivity (Wildman–Crippen MR) is 206 cm³/mol. The fraction of sp³-hybridized carbons (Fsp3) is 0.415. The van der Waals surface area contributed by atoms with E-state index < -0.39 is 145 Å². The third-order valence-corrected chi connectivity index (χ3v) is 11.3. The number of hydrogen-bond donors (Lipinski definition) is 11. The topological polar surface area (TPSA) is 355 Å². The van der Waals surface area contributed by atoms with Crippen molar-refractivity contribution in [2.24, 2.45) is 11.8 Å². The minimum Gasteiger partial charge on any atom is -0.511 e. The van der Waals surface area contributed by atoms with E-state index in [2.05, 4.69) is 10.6 Å². The summed E-state index contributed by atoms with van der Waals surface area (Å²) < 4.78 is 27.6. The molecule has 2 fully saturated rings. The normalized spacial score (nSPS) is 31.4. The zero-order valence-corrected chi connectivity index (χ0v) is 32.9. The van der Waals surface area contributed by atoms with E-state index in [1.54, 1.807) is 0 Å². The Morgan fingerprint density at radius 1 is 0.921 bits per heavy atom. The highest BCUT2D eigenvalue weighted by atomic mass is 16.7. The maximum atomic E-state index is 13.7. The molecule has 0 spiro atoms. The average Bonchev–Trinajstić information content (AvgIpc) is 3.24. The number of ketones is 3. The van der Waals surface area contributed by atoms with Gasteiger partial charge in [-0.15, -0.1) is 0 Å². The van der Waals surface area contributed by atoms with E-state index in [1.807, 2.05) is 0 Å². The Morgan fingerprint density at radius 3 is 2.22 bits per heavy atom. The van der Waals surface area contributed by atoms with Gasteiger partial charge < -0.3 is 80.3 Å². The van der Waals surface area contributed by atoms with Crippen LogP contribution in [0.1, 0.15) is 52.5 Å². The fourth-order valence-electron chi connectivity index (χ4n) is 8.22. The van der Waals surface area contributed by atoms with Crippen molar-refractivity contribution in [1.29, 1.82) is 0 Å². The predicted octanol–water partition coefficient (Wildman–Crippen LogP) is 0.0775. The molecule has 2 aromatic carbocycles. The second-order valence-electron chi connectivity index (χ2n) is 15.5. The molecular formula is C41H42N2O20. The smallest absolute Gasteiger partial charge is 0.408 e. The van der Waals surface area contributed by atoms with Gasteiger partial charge in [0, 0.05) is 48.5 Å². The molecule has 1 saturated carbocycles. The first-order valence-corrected chi connectivity index (χ1v) is 19.4. The standard InChI is InChI=1S/C41H42N2O20/c1-15(45)42-21-8-16(6-7-23(21)62-39-36(54)34(52)35(53)37(63-39)38(55)56)13-60-40(57)43-20-9-26(59-14-22(20)46)61-24-11-41(58,25(47)12-44)10-19-27(24)33(51)29-28(32(19)50)30(48)17-4-2-3-5-18(17)31(29)49/h2-8,14,20,24,26,28-29,34-37,39,44,46,50-54,58H,9-13H2,1H3,(H,42,45)(H,43,57)(H,55,56). The first kappa shape index (κ1) is 44.6. The molecule has 11 unspecified atom stereocenters. The van der Waals surface area contributed by atoms with Crippen LogP contribution in [0.2, 0.25) is 0 Å². The van der Waals surface area contributed by atoms with Gasteiger partial charge in [0.1, 0.15) is 66.4 Å². The monoisotopic (exact) mass is 882 g/mol. The summed E-state index contributed by atoms with van der Waals surface area (Å²) in [5, 5.41) is 99.8. The Hall–Kier alpha value is -6.40. The van der Waals surface area contributed by atoms with Crippen molar-refractivity contribution in [1.82, 2.24) is 5.32 Å². The van der Waals surface area contributed by atoms with Crippen LogP contribution in [0.25, 0.3) is 0 Å². The van der Waals surface area contributed by atoms with Crippen molar-refractivity contribution in [3.8, 4) is 5.75 Å². The molecule has 0 bridgehead atoms. The molecule has 22 heteroatoms. The number of carbonyl (C=O) groups excluding carboxylic acids is 5. The van der Waals surface area contributed by atoms with Crippen LogP contribution in [-0.4, -0.2) is 143 Å². The lowest BCUT2D eigenvalue weighted by atomic mass is 9.63. The number of benzene rings is 2. The van der Waals surface area contributed by atoms with E-state index in [4.69, 9.17) is 23.7 Å². The maximum Gasteiger partial charge on any atom is 0.408 e. The highest BCUT2D eigenvalue weighted by Gasteiger charge is 2.56. The van der Waals surface area contributed by atoms with Crippen LogP contribution in [0.3, 0.4) is 0 Å². The second-order valence-corrected chi connectivity index (χ2v) is 15.5. The van der Waals surface area contributed by atoms with Crippen LogP contribution >= 0.6 is 0 Å². The third-order valence-electron chi connectivity index (χ3n) is 11.3. The van der Waals surface area contributed by atoms with Crippen LogP contribution in [0, 0.1) is 11.8 Å². The molecule has 0 radical (unpaired) electrons. The average molecular weight is 883 g/mol. The first-order valence-electron chi connectivity index (χ1n) is 19.4. The van der Waals surface area contributed by atoms with Gasteiger partial charge in [0.15, 0.2) is 23.5 Å². The highest BCUT2D eigenvalue weighted by molar-refractivity contribution is 6.18. The molecule has 63 heavy (non-hydrogen) atoms. The summed E-state index contributed by atoms with van der Waals surface area (Å²) in [4.78, 5) is 76.7. The molecule has 2 aromatic rings. The maximum absolute atomic E-state index is 13.7. The molecule has 336 valence electrons. The molecule has 3 aliphatic carbocycles. The Labute approximate surface area is 355 Å².